The molecular formula is C22H26N2O2. The topological polar surface area (TPSA) is 53.3 Å². The molecule has 1 amide bonds. The van der Waals surface area contributed by atoms with Gasteiger partial charge in [-0.3, -0.25) is 4.79 Å². The Hall–Kier alpha value is -2.80. The fraction of sp³-hybridized carbons (Fsp3) is 0.364. The number of benzene rings is 2. The number of ether oxygens (including phenoxy) is 1. The van der Waals surface area contributed by atoms with Crippen molar-refractivity contribution in [2.24, 2.45) is 0 Å². The van der Waals surface area contributed by atoms with Gasteiger partial charge in [-0.15, -0.1) is 0 Å². The maximum absolute atomic E-state index is 12.9. The van der Waals surface area contributed by atoms with Crippen LogP contribution >= 0.6 is 0 Å². The summed E-state index contributed by atoms with van der Waals surface area (Å²) in [4.78, 5) is 14.7. The van der Waals surface area contributed by atoms with Gasteiger partial charge >= 0.3 is 0 Å². The van der Waals surface area contributed by atoms with Crippen molar-refractivity contribution in [2.45, 2.75) is 32.6 Å². The van der Waals surface area contributed by atoms with Gasteiger partial charge in [-0.25, -0.2) is 0 Å². The third-order valence-corrected chi connectivity index (χ3v) is 4.14. The van der Waals surface area contributed by atoms with Crippen molar-refractivity contribution >= 4 is 5.91 Å². The van der Waals surface area contributed by atoms with Gasteiger partial charge in [-0.05, 0) is 36.6 Å². The van der Waals surface area contributed by atoms with Crippen molar-refractivity contribution in [2.75, 3.05) is 19.7 Å². The first-order valence-electron chi connectivity index (χ1n) is 9.17. The van der Waals surface area contributed by atoms with E-state index in [9.17, 15) is 4.79 Å². The molecule has 0 fully saturated rings. The van der Waals surface area contributed by atoms with E-state index in [0.29, 0.717) is 37.4 Å². The highest BCUT2D eigenvalue weighted by Gasteiger charge is 2.16. The molecule has 0 N–H and O–H groups in total. The average Bonchev–Trinajstić information content (AvgIpc) is 2.69. The molecule has 136 valence electrons. The van der Waals surface area contributed by atoms with Crippen LogP contribution in [0.2, 0.25) is 0 Å². The standard InChI is InChI=1S/C22H26N2O2/c1-2-3-17-26-21-12-7-11-20(18-21)22(25)24(15-8-14-23)16-13-19-9-5-4-6-10-19/h4-7,9-12,18H,2-3,8,13,15-17H2,1H3. The van der Waals surface area contributed by atoms with Crippen LogP contribution in [-0.4, -0.2) is 30.5 Å². The summed E-state index contributed by atoms with van der Waals surface area (Å²) in [7, 11) is 0. The minimum atomic E-state index is -0.0582. The quantitative estimate of drug-likeness (QED) is 0.594. The Morgan fingerprint density at radius 3 is 2.65 bits per heavy atom. The van der Waals surface area contributed by atoms with Crippen molar-refractivity contribution in [1.82, 2.24) is 4.90 Å². The summed E-state index contributed by atoms with van der Waals surface area (Å²) in [6.45, 7) is 3.79. The largest absolute Gasteiger partial charge is 0.494 e. The van der Waals surface area contributed by atoms with E-state index in [-0.39, 0.29) is 5.91 Å². The summed E-state index contributed by atoms with van der Waals surface area (Å²) >= 11 is 0. The molecule has 0 aliphatic carbocycles. The monoisotopic (exact) mass is 350 g/mol. The number of amides is 1. The molecule has 0 aliphatic heterocycles. The number of hydrogen-bond acceptors (Lipinski definition) is 3. The average molecular weight is 350 g/mol. The summed E-state index contributed by atoms with van der Waals surface area (Å²) in [5, 5.41) is 8.91. The van der Waals surface area contributed by atoms with E-state index in [1.807, 2.05) is 30.3 Å². The van der Waals surface area contributed by atoms with Crippen LogP contribution in [0.3, 0.4) is 0 Å². The normalized spacial score (nSPS) is 10.2. The number of nitrogens with zero attached hydrogens (tertiary/aromatic N) is 2. The van der Waals surface area contributed by atoms with Gasteiger partial charge < -0.3 is 9.64 Å². The van der Waals surface area contributed by atoms with E-state index >= 15 is 0 Å². The van der Waals surface area contributed by atoms with Crippen LogP contribution in [0, 0.1) is 11.3 Å². The molecule has 0 saturated heterocycles. The maximum atomic E-state index is 12.9. The lowest BCUT2D eigenvalue weighted by molar-refractivity contribution is 0.0760. The Labute approximate surface area is 156 Å². The van der Waals surface area contributed by atoms with E-state index in [1.165, 1.54) is 5.56 Å². The molecule has 0 unspecified atom stereocenters. The van der Waals surface area contributed by atoms with E-state index < -0.39 is 0 Å². The molecule has 0 saturated carbocycles. The van der Waals surface area contributed by atoms with Crippen LogP contribution in [0.1, 0.15) is 42.1 Å². The highest BCUT2D eigenvalue weighted by Crippen LogP contribution is 2.16. The van der Waals surface area contributed by atoms with Crippen molar-refractivity contribution < 1.29 is 9.53 Å². The molecule has 0 aromatic heterocycles. The minimum absolute atomic E-state index is 0.0582. The first-order chi connectivity index (χ1) is 12.7. The van der Waals surface area contributed by atoms with Gasteiger partial charge in [-0.1, -0.05) is 49.7 Å². The third-order valence-electron chi connectivity index (χ3n) is 4.14. The molecule has 0 spiro atoms. The second-order valence-electron chi connectivity index (χ2n) is 6.17. The molecule has 0 atom stereocenters. The van der Waals surface area contributed by atoms with Gasteiger partial charge in [0.2, 0.25) is 0 Å². The first-order valence-corrected chi connectivity index (χ1v) is 9.17. The highest BCUT2D eigenvalue weighted by atomic mass is 16.5. The van der Waals surface area contributed by atoms with E-state index in [1.54, 1.807) is 17.0 Å². The highest BCUT2D eigenvalue weighted by molar-refractivity contribution is 5.94. The lowest BCUT2D eigenvalue weighted by atomic mass is 10.1. The molecule has 26 heavy (non-hydrogen) atoms. The number of carbonyl (C=O) groups is 1. The summed E-state index contributed by atoms with van der Waals surface area (Å²) in [5.41, 5.74) is 1.78. The predicted octanol–water partition coefficient (Wildman–Crippen LogP) is 4.46. The summed E-state index contributed by atoms with van der Waals surface area (Å²) < 4.78 is 5.70. The summed E-state index contributed by atoms with van der Waals surface area (Å²) in [6.07, 6.45) is 3.15. The predicted molar refractivity (Wildman–Crippen MR) is 103 cm³/mol. The maximum Gasteiger partial charge on any atom is 0.254 e. The van der Waals surface area contributed by atoms with Crippen molar-refractivity contribution in [3.05, 3.63) is 65.7 Å². The first kappa shape index (κ1) is 19.5. The Bertz CT molecular complexity index is 722. The second-order valence-corrected chi connectivity index (χ2v) is 6.17. The second kappa shape index (κ2) is 10.9. The van der Waals surface area contributed by atoms with Crippen LogP contribution in [0.25, 0.3) is 0 Å². The molecule has 2 aromatic carbocycles. The third kappa shape index (κ3) is 6.25. The van der Waals surface area contributed by atoms with Crippen LogP contribution < -0.4 is 4.74 Å². The smallest absolute Gasteiger partial charge is 0.254 e. The van der Waals surface area contributed by atoms with Gasteiger partial charge in [0, 0.05) is 18.7 Å². The fourth-order valence-corrected chi connectivity index (χ4v) is 2.64. The lowest BCUT2D eigenvalue weighted by Crippen LogP contribution is -2.33. The van der Waals surface area contributed by atoms with Crippen LogP contribution in [-0.2, 0) is 6.42 Å². The number of unbranched alkanes of at least 4 members (excludes halogenated alkanes) is 1. The van der Waals surface area contributed by atoms with Gasteiger partial charge in [0.15, 0.2) is 0 Å². The lowest BCUT2D eigenvalue weighted by Gasteiger charge is -2.22. The number of nitriles is 1. The fourth-order valence-electron chi connectivity index (χ4n) is 2.64. The van der Waals surface area contributed by atoms with Crippen molar-refractivity contribution in [3.8, 4) is 11.8 Å². The van der Waals surface area contributed by atoms with E-state index in [2.05, 4.69) is 25.1 Å². The molecular weight excluding hydrogens is 324 g/mol. The Morgan fingerprint density at radius 2 is 1.92 bits per heavy atom. The van der Waals surface area contributed by atoms with E-state index in [0.717, 1.165) is 19.3 Å². The molecule has 4 nitrogen and oxygen atoms in total. The Morgan fingerprint density at radius 1 is 1.12 bits per heavy atom. The molecule has 0 aliphatic rings. The van der Waals surface area contributed by atoms with Gasteiger partial charge in [0.25, 0.3) is 5.91 Å². The number of carbonyl (C=O) groups excluding carboxylic acids is 1. The van der Waals surface area contributed by atoms with Crippen LogP contribution in [0.15, 0.2) is 54.6 Å². The summed E-state index contributed by atoms with van der Waals surface area (Å²) in [6, 6.07) is 19.5. The Kier molecular flexibility index (Phi) is 8.21. The molecule has 2 aromatic rings. The number of hydrogen-bond donors (Lipinski definition) is 0. The summed E-state index contributed by atoms with van der Waals surface area (Å²) in [5.74, 6) is 0.657. The van der Waals surface area contributed by atoms with Crippen molar-refractivity contribution in [1.29, 1.82) is 5.26 Å². The zero-order valence-electron chi connectivity index (χ0n) is 15.4. The molecule has 0 heterocycles. The molecule has 4 heteroatoms. The van der Waals surface area contributed by atoms with E-state index in [4.69, 9.17) is 10.00 Å². The zero-order valence-corrected chi connectivity index (χ0v) is 15.4. The molecule has 0 radical (unpaired) electrons. The van der Waals surface area contributed by atoms with Gasteiger partial charge in [-0.2, -0.15) is 5.26 Å². The SMILES string of the molecule is CCCCOc1cccc(C(=O)N(CCC#N)CCc2ccccc2)c1. The van der Waals surface area contributed by atoms with Crippen LogP contribution in [0.4, 0.5) is 0 Å². The van der Waals surface area contributed by atoms with Crippen LogP contribution in [0.5, 0.6) is 5.75 Å². The van der Waals surface area contributed by atoms with Crippen molar-refractivity contribution in [3.63, 3.8) is 0 Å². The molecule has 0 bridgehead atoms. The number of rotatable bonds is 10. The molecule has 2 rings (SSSR count). The Balaban J connectivity index is 2.05. The minimum Gasteiger partial charge on any atom is -0.494 e. The zero-order chi connectivity index (χ0) is 18.6. The van der Waals surface area contributed by atoms with Gasteiger partial charge in [0.05, 0.1) is 19.1 Å². The van der Waals surface area contributed by atoms with Gasteiger partial charge in [0.1, 0.15) is 5.75 Å².